The zero-order chi connectivity index (χ0) is 13.6. The van der Waals surface area contributed by atoms with Crippen molar-refractivity contribution in [1.29, 1.82) is 0 Å². The van der Waals surface area contributed by atoms with Gasteiger partial charge in [0.1, 0.15) is 5.94 Å². The monoisotopic (exact) mass is 272 g/mol. The first-order chi connectivity index (χ1) is 8.42. The molecule has 0 fully saturated rings. The highest BCUT2D eigenvalue weighted by atomic mass is 32.2. The van der Waals surface area contributed by atoms with Crippen LogP contribution in [0.1, 0.15) is 18.9 Å². The summed E-state index contributed by atoms with van der Waals surface area (Å²) in [7, 11) is -3.53. The second-order valence-electron chi connectivity index (χ2n) is 4.02. The Kier molecular flexibility index (Phi) is 5.30. The van der Waals surface area contributed by atoms with Crippen LogP contribution in [0.3, 0.4) is 0 Å². The van der Waals surface area contributed by atoms with Crippen LogP contribution in [0.5, 0.6) is 0 Å². The fraction of sp³-hybridized carbons (Fsp3) is 0.417. The summed E-state index contributed by atoms with van der Waals surface area (Å²) in [5.41, 5.74) is 0.874. The highest BCUT2D eigenvalue weighted by Crippen LogP contribution is 2.09. The zero-order valence-electron chi connectivity index (χ0n) is 10.1. The molecule has 1 rings (SSSR count). The molecule has 0 aliphatic heterocycles. The van der Waals surface area contributed by atoms with Gasteiger partial charge in [0, 0.05) is 0 Å². The predicted molar refractivity (Wildman–Crippen MR) is 66.7 cm³/mol. The molecule has 0 spiro atoms. The van der Waals surface area contributed by atoms with Crippen molar-refractivity contribution in [3.8, 4) is 0 Å². The lowest BCUT2D eigenvalue weighted by molar-refractivity contribution is -0.136. The van der Waals surface area contributed by atoms with Crippen molar-refractivity contribution in [2.24, 2.45) is 0 Å². The van der Waals surface area contributed by atoms with E-state index < -0.39 is 33.4 Å². The van der Waals surface area contributed by atoms with E-state index in [1.54, 1.807) is 0 Å². The number of carbonyl (C=O) groups is 1. The van der Waals surface area contributed by atoms with Crippen LogP contribution in [0, 0.1) is 0 Å². The fourth-order valence-corrected chi connectivity index (χ4v) is 2.28. The second-order valence-corrected chi connectivity index (χ2v) is 6.39. The SMILES string of the molecule is CC(CC(=O)O)S(=O)(=O)COCc1ccccc1. The summed E-state index contributed by atoms with van der Waals surface area (Å²) < 4.78 is 28.4. The number of carboxylic acids is 1. The molecule has 1 aromatic carbocycles. The number of rotatable bonds is 7. The Balaban J connectivity index is 2.45. The van der Waals surface area contributed by atoms with Gasteiger partial charge in [-0.3, -0.25) is 4.79 Å². The van der Waals surface area contributed by atoms with Gasteiger partial charge in [0.25, 0.3) is 0 Å². The lowest BCUT2D eigenvalue weighted by Crippen LogP contribution is -2.25. The first-order valence-corrected chi connectivity index (χ1v) is 7.18. The molecule has 18 heavy (non-hydrogen) atoms. The summed E-state index contributed by atoms with van der Waals surface area (Å²) >= 11 is 0. The number of hydrogen-bond acceptors (Lipinski definition) is 4. The Bertz CT molecular complexity index is 480. The molecule has 0 heterocycles. The van der Waals surface area contributed by atoms with Gasteiger partial charge < -0.3 is 9.84 Å². The highest BCUT2D eigenvalue weighted by Gasteiger charge is 2.23. The van der Waals surface area contributed by atoms with E-state index in [1.807, 2.05) is 30.3 Å². The van der Waals surface area contributed by atoms with Gasteiger partial charge in [-0.25, -0.2) is 8.42 Å². The van der Waals surface area contributed by atoms with Crippen LogP contribution in [0.25, 0.3) is 0 Å². The molecule has 6 heteroatoms. The third kappa shape index (κ3) is 4.85. The molecule has 1 atom stereocenters. The van der Waals surface area contributed by atoms with Crippen molar-refractivity contribution in [1.82, 2.24) is 0 Å². The van der Waals surface area contributed by atoms with Gasteiger partial charge >= 0.3 is 5.97 Å². The van der Waals surface area contributed by atoms with Crippen LogP contribution < -0.4 is 0 Å². The molecule has 100 valence electrons. The summed E-state index contributed by atoms with van der Waals surface area (Å²) in [6.45, 7) is 1.56. The summed E-state index contributed by atoms with van der Waals surface area (Å²) in [4.78, 5) is 10.4. The van der Waals surface area contributed by atoms with E-state index in [4.69, 9.17) is 9.84 Å². The molecule has 0 amide bonds. The summed E-state index contributed by atoms with van der Waals surface area (Å²) in [6, 6.07) is 9.18. The van der Waals surface area contributed by atoms with E-state index in [0.29, 0.717) is 0 Å². The molecule has 0 radical (unpaired) electrons. The molecule has 0 aliphatic carbocycles. The van der Waals surface area contributed by atoms with Crippen LogP contribution in [-0.2, 0) is 26.0 Å². The van der Waals surface area contributed by atoms with Crippen LogP contribution >= 0.6 is 0 Å². The van der Waals surface area contributed by atoms with Crippen molar-refractivity contribution in [2.75, 3.05) is 5.94 Å². The topological polar surface area (TPSA) is 80.7 Å². The van der Waals surface area contributed by atoms with Crippen molar-refractivity contribution < 1.29 is 23.1 Å². The largest absolute Gasteiger partial charge is 0.481 e. The van der Waals surface area contributed by atoms with E-state index in [9.17, 15) is 13.2 Å². The van der Waals surface area contributed by atoms with Gasteiger partial charge in [0.15, 0.2) is 9.84 Å². The van der Waals surface area contributed by atoms with Crippen molar-refractivity contribution in [2.45, 2.75) is 25.2 Å². The fourth-order valence-electron chi connectivity index (χ4n) is 1.34. The Morgan fingerprint density at radius 3 is 2.50 bits per heavy atom. The minimum Gasteiger partial charge on any atom is -0.481 e. The van der Waals surface area contributed by atoms with Gasteiger partial charge in [-0.2, -0.15) is 0 Å². The van der Waals surface area contributed by atoms with Crippen molar-refractivity contribution >= 4 is 15.8 Å². The third-order valence-corrected chi connectivity index (χ3v) is 4.32. The number of ether oxygens (including phenoxy) is 1. The third-order valence-electron chi connectivity index (χ3n) is 2.43. The molecule has 0 saturated carbocycles. The van der Waals surface area contributed by atoms with E-state index in [-0.39, 0.29) is 6.61 Å². The predicted octanol–water partition coefficient (Wildman–Crippen LogP) is 1.44. The highest BCUT2D eigenvalue weighted by molar-refractivity contribution is 7.91. The molecule has 1 N–H and O–H groups in total. The van der Waals surface area contributed by atoms with Gasteiger partial charge in [-0.15, -0.1) is 0 Å². The molecule has 0 aliphatic rings. The maximum Gasteiger partial charge on any atom is 0.304 e. The maximum atomic E-state index is 11.7. The lowest BCUT2D eigenvalue weighted by Gasteiger charge is -2.11. The Morgan fingerprint density at radius 1 is 1.33 bits per heavy atom. The molecule has 0 saturated heterocycles. The maximum absolute atomic E-state index is 11.7. The van der Waals surface area contributed by atoms with Gasteiger partial charge in [0.05, 0.1) is 18.3 Å². The first-order valence-electron chi connectivity index (χ1n) is 5.47. The van der Waals surface area contributed by atoms with E-state index in [2.05, 4.69) is 0 Å². The van der Waals surface area contributed by atoms with Crippen LogP contribution in [0.2, 0.25) is 0 Å². The Hall–Kier alpha value is -1.40. The molecule has 5 nitrogen and oxygen atoms in total. The number of benzene rings is 1. The van der Waals surface area contributed by atoms with Gasteiger partial charge in [0.2, 0.25) is 0 Å². The molecular formula is C12H16O5S. The van der Waals surface area contributed by atoms with Gasteiger partial charge in [-0.05, 0) is 12.5 Å². The molecule has 0 aromatic heterocycles. The summed E-state index contributed by atoms with van der Waals surface area (Å²) in [5.74, 6) is -1.59. The number of carboxylic acid groups (broad SMARTS) is 1. The Labute approximate surface area is 106 Å². The normalized spacial score (nSPS) is 13.2. The summed E-state index contributed by atoms with van der Waals surface area (Å²) in [6.07, 6.45) is -0.406. The van der Waals surface area contributed by atoms with E-state index >= 15 is 0 Å². The van der Waals surface area contributed by atoms with Crippen LogP contribution in [0.15, 0.2) is 30.3 Å². The second kappa shape index (κ2) is 6.51. The number of aliphatic carboxylic acids is 1. The number of hydrogen-bond donors (Lipinski definition) is 1. The zero-order valence-corrected chi connectivity index (χ0v) is 10.9. The minimum absolute atomic E-state index is 0.194. The molecule has 1 aromatic rings. The molecule has 1 unspecified atom stereocenters. The van der Waals surface area contributed by atoms with Crippen LogP contribution in [0.4, 0.5) is 0 Å². The molecule has 0 bridgehead atoms. The average Bonchev–Trinajstić information content (AvgIpc) is 2.29. The van der Waals surface area contributed by atoms with Crippen molar-refractivity contribution in [3.05, 3.63) is 35.9 Å². The van der Waals surface area contributed by atoms with E-state index in [0.717, 1.165) is 5.56 Å². The van der Waals surface area contributed by atoms with E-state index in [1.165, 1.54) is 6.92 Å². The lowest BCUT2D eigenvalue weighted by atomic mass is 10.2. The summed E-state index contributed by atoms with van der Waals surface area (Å²) in [5, 5.41) is 7.61. The molecular weight excluding hydrogens is 256 g/mol. The minimum atomic E-state index is -3.53. The smallest absolute Gasteiger partial charge is 0.304 e. The Morgan fingerprint density at radius 2 is 1.94 bits per heavy atom. The standard InChI is InChI=1S/C12H16O5S/c1-10(7-12(13)14)18(15,16)9-17-8-11-5-3-2-4-6-11/h2-6,10H,7-9H2,1H3,(H,13,14). The van der Waals surface area contributed by atoms with Gasteiger partial charge in [-0.1, -0.05) is 30.3 Å². The first kappa shape index (κ1) is 14.7. The quantitative estimate of drug-likeness (QED) is 0.812. The number of sulfone groups is 1. The van der Waals surface area contributed by atoms with Crippen molar-refractivity contribution in [3.63, 3.8) is 0 Å². The van der Waals surface area contributed by atoms with Crippen LogP contribution in [-0.4, -0.2) is 30.7 Å². The average molecular weight is 272 g/mol.